The third-order valence-corrected chi connectivity index (χ3v) is 3.46. The molecule has 1 aromatic heterocycles. The molecule has 3 rings (SSSR count). The molecule has 0 spiro atoms. The Morgan fingerprint density at radius 3 is 2.38 bits per heavy atom. The van der Waals surface area contributed by atoms with Gasteiger partial charge in [-0.3, -0.25) is 0 Å². The summed E-state index contributed by atoms with van der Waals surface area (Å²) in [6.45, 7) is 0. The van der Waals surface area contributed by atoms with E-state index in [2.05, 4.69) is 15.3 Å². The highest BCUT2D eigenvalue weighted by Crippen LogP contribution is 2.28. The van der Waals surface area contributed by atoms with Gasteiger partial charge in [-0.1, -0.05) is 0 Å². The van der Waals surface area contributed by atoms with E-state index >= 15 is 0 Å². The summed E-state index contributed by atoms with van der Waals surface area (Å²) in [5, 5.41) is 11.5. The number of ether oxygens (including phenoxy) is 3. The first kappa shape index (κ1) is 17.2. The lowest BCUT2D eigenvalue weighted by molar-refractivity contribution is 0.0729. The van der Waals surface area contributed by atoms with Crippen molar-refractivity contribution in [3.05, 3.63) is 66.2 Å². The molecule has 0 radical (unpaired) electrons. The van der Waals surface area contributed by atoms with E-state index in [0.717, 1.165) is 5.56 Å². The van der Waals surface area contributed by atoms with Crippen LogP contribution in [0.3, 0.4) is 0 Å². The van der Waals surface area contributed by atoms with Crippen LogP contribution in [-0.2, 0) is 0 Å². The van der Waals surface area contributed by atoms with Crippen molar-refractivity contribution in [2.75, 3.05) is 14.2 Å². The zero-order chi connectivity index (χ0) is 18.4. The van der Waals surface area contributed by atoms with E-state index in [4.69, 9.17) is 14.2 Å². The lowest BCUT2D eigenvalue weighted by atomic mass is 10.2. The number of benzene rings is 2. The Balaban J connectivity index is 1.75. The van der Waals surface area contributed by atoms with Gasteiger partial charge in [0.1, 0.15) is 18.4 Å². The maximum absolute atomic E-state index is 12.3. The molecule has 0 bridgehead atoms. The second-order valence-corrected chi connectivity index (χ2v) is 5.11. The van der Waals surface area contributed by atoms with Crippen LogP contribution in [0, 0.1) is 0 Å². The standard InChI is InChI=1S/C18H16N4O4/c1-24-15-6-4-14(5-7-15)18(23)26-16-8-3-13(9-17(16)25-2)10-21-22-11-19-20-12-22/h3-12H,1-2H3. The first-order valence-corrected chi connectivity index (χ1v) is 7.63. The zero-order valence-electron chi connectivity index (χ0n) is 14.2. The van der Waals surface area contributed by atoms with Crippen LogP contribution >= 0.6 is 0 Å². The summed E-state index contributed by atoms with van der Waals surface area (Å²) in [7, 11) is 3.06. The normalized spacial score (nSPS) is 10.7. The number of aromatic nitrogens is 3. The van der Waals surface area contributed by atoms with Gasteiger partial charge in [0.25, 0.3) is 0 Å². The maximum Gasteiger partial charge on any atom is 0.343 e. The fourth-order valence-corrected chi connectivity index (χ4v) is 2.12. The lowest BCUT2D eigenvalue weighted by Gasteiger charge is -2.10. The number of esters is 1. The van der Waals surface area contributed by atoms with Gasteiger partial charge in [-0.2, -0.15) is 5.10 Å². The Morgan fingerprint density at radius 2 is 1.73 bits per heavy atom. The molecule has 0 atom stereocenters. The number of hydrogen-bond donors (Lipinski definition) is 0. The van der Waals surface area contributed by atoms with E-state index in [9.17, 15) is 4.79 Å². The van der Waals surface area contributed by atoms with E-state index in [-0.39, 0.29) is 0 Å². The minimum Gasteiger partial charge on any atom is -0.497 e. The third-order valence-electron chi connectivity index (χ3n) is 3.46. The van der Waals surface area contributed by atoms with E-state index < -0.39 is 5.97 Å². The summed E-state index contributed by atoms with van der Waals surface area (Å²) in [5.41, 5.74) is 1.17. The molecular weight excluding hydrogens is 336 g/mol. The SMILES string of the molecule is COc1ccc(C(=O)Oc2ccc(C=Nn3cnnc3)cc2OC)cc1. The maximum atomic E-state index is 12.3. The first-order chi connectivity index (χ1) is 12.7. The average molecular weight is 352 g/mol. The van der Waals surface area contributed by atoms with Crippen molar-refractivity contribution in [1.82, 2.24) is 14.9 Å². The number of carbonyl (C=O) groups excluding carboxylic acids is 1. The molecule has 132 valence electrons. The Hall–Kier alpha value is -3.68. The molecule has 1 heterocycles. The predicted octanol–water partition coefficient (Wildman–Crippen LogP) is 2.40. The fraction of sp³-hybridized carbons (Fsp3) is 0.111. The van der Waals surface area contributed by atoms with Crippen molar-refractivity contribution in [2.24, 2.45) is 5.10 Å². The van der Waals surface area contributed by atoms with E-state index in [1.807, 2.05) is 0 Å². The van der Waals surface area contributed by atoms with Crippen molar-refractivity contribution in [1.29, 1.82) is 0 Å². The van der Waals surface area contributed by atoms with Gasteiger partial charge >= 0.3 is 5.97 Å². The second kappa shape index (κ2) is 7.93. The predicted molar refractivity (Wildman–Crippen MR) is 94.0 cm³/mol. The van der Waals surface area contributed by atoms with Crippen LogP contribution in [0.5, 0.6) is 17.2 Å². The number of methoxy groups -OCH3 is 2. The van der Waals surface area contributed by atoms with E-state index in [1.165, 1.54) is 24.4 Å². The molecule has 0 fully saturated rings. The molecule has 2 aromatic carbocycles. The number of hydrogen-bond acceptors (Lipinski definition) is 7. The number of carbonyl (C=O) groups is 1. The summed E-state index contributed by atoms with van der Waals surface area (Å²) < 4.78 is 17.3. The minimum absolute atomic E-state index is 0.315. The Labute approximate surface area is 149 Å². The van der Waals surface area contributed by atoms with Crippen LogP contribution in [0.1, 0.15) is 15.9 Å². The minimum atomic E-state index is -0.489. The van der Waals surface area contributed by atoms with Crippen molar-refractivity contribution >= 4 is 12.2 Å². The molecule has 0 unspecified atom stereocenters. The quantitative estimate of drug-likeness (QED) is 0.384. The number of rotatable bonds is 6. The van der Waals surface area contributed by atoms with Gasteiger partial charge in [0.05, 0.1) is 26.0 Å². The summed E-state index contributed by atoms with van der Waals surface area (Å²) in [5.74, 6) is 0.905. The van der Waals surface area contributed by atoms with Crippen molar-refractivity contribution in [3.8, 4) is 17.2 Å². The van der Waals surface area contributed by atoms with Crippen LogP contribution in [0.4, 0.5) is 0 Å². The Morgan fingerprint density at radius 1 is 1.00 bits per heavy atom. The average Bonchev–Trinajstić information content (AvgIpc) is 3.20. The molecule has 8 heteroatoms. The highest BCUT2D eigenvalue weighted by molar-refractivity contribution is 5.91. The molecule has 0 aliphatic heterocycles. The Kier molecular flexibility index (Phi) is 5.23. The molecule has 0 saturated heterocycles. The molecule has 3 aromatic rings. The smallest absolute Gasteiger partial charge is 0.343 e. The molecule has 0 aliphatic carbocycles. The van der Waals surface area contributed by atoms with Gasteiger partial charge in [0.2, 0.25) is 0 Å². The molecule has 0 amide bonds. The summed E-state index contributed by atoms with van der Waals surface area (Å²) in [6.07, 6.45) is 4.55. The van der Waals surface area contributed by atoms with E-state index in [0.29, 0.717) is 22.8 Å². The molecule has 26 heavy (non-hydrogen) atoms. The largest absolute Gasteiger partial charge is 0.497 e. The summed E-state index contributed by atoms with van der Waals surface area (Å²) in [4.78, 5) is 12.3. The van der Waals surface area contributed by atoms with Gasteiger partial charge in [-0.15, -0.1) is 10.2 Å². The highest BCUT2D eigenvalue weighted by Gasteiger charge is 2.13. The zero-order valence-corrected chi connectivity index (χ0v) is 14.2. The summed E-state index contributed by atoms with van der Waals surface area (Å²) in [6, 6.07) is 11.8. The van der Waals surface area contributed by atoms with Gasteiger partial charge in [0, 0.05) is 0 Å². The van der Waals surface area contributed by atoms with Crippen LogP contribution in [0.2, 0.25) is 0 Å². The molecule has 0 aliphatic rings. The van der Waals surface area contributed by atoms with Crippen LogP contribution < -0.4 is 14.2 Å². The van der Waals surface area contributed by atoms with Crippen LogP contribution in [0.15, 0.2) is 60.2 Å². The Bertz CT molecular complexity index is 905. The van der Waals surface area contributed by atoms with Crippen molar-refractivity contribution in [2.45, 2.75) is 0 Å². The third kappa shape index (κ3) is 4.04. The number of nitrogens with zero attached hydrogens (tertiary/aromatic N) is 4. The van der Waals surface area contributed by atoms with Crippen molar-refractivity contribution < 1.29 is 19.0 Å². The van der Waals surface area contributed by atoms with Gasteiger partial charge in [-0.25, -0.2) is 9.47 Å². The monoisotopic (exact) mass is 352 g/mol. The highest BCUT2D eigenvalue weighted by atomic mass is 16.6. The summed E-state index contributed by atoms with van der Waals surface area (Å²) >= 11 is 0. The first-order valence-electron chi connectivity index (χ1n) is 7.63. The van der Waals surface area contributed by atoms with Crippen LogP contribution in [0.25, 0.3) is 0 Å². The molecule has 0 saturated carbocycles. The molecular formula is C18H16N4O4. The lowest BCUT2D eigenvalue weighted by Crippen LogP contribution is -2.09. The topological polar surface area (TPSA) is 87.8 Å². The second-order valence-electron chi connectivity index (χ2n) is 5.11. The van der Waals surface area contributed by atoms with Gasteiger partial charge in [0.15, 0.2) is 11.5 Å². The van der Waals surface area contributed by atoms with Gasteiger partial charge < -0.3 is 14.2 Å². The van der Waals surface area contributed by atoms with Crippen molar-refractivity contribution in [3.63, 3.8) is 0 Å². The van der Waals surface area contributed by atoms with Crippen LogP contribution in [-0.4, -0.2) is 41.3 Å². The molecule has 8 nitrogen and oxygen atoms in total. The van der Waals surface area contributed by atoms with E-state index in [1.54, 1.807) is 55.8 Å². The molecule has 0 N–H and O–H groups in total. The van der Waals surface area contributed by atoms with Gasteiger partial charge in [-0.05, 0) is 48.0 Å². The fourth-order valence-electron chi connectivity index (χ4n) is 2.12.